The molecule has 0 saturated carbocycles. The fourth-order valence-electron chi connectivity index (χ4n) is 21.6. The van der Waals surface area contributed by atoms with Gasteiger partial charge < -0.3 is 19.6 Å². The summed E-state index contributed by atoms with van der Waals surface area (Å²) < 4.78 is 0. The van der Waals surface area contributed by atoms with E-state index in [9.17, 15) is 0 Å². The quantitative estimate of drug-likeness (QED) is 0.114. The third-order valence-electron chi connectivity index (χ3n) is 28.0. The zero-order chi connectivity index (χ0) is 88.1. The average Bonchev–Trinajstić information content (AvgIpc) is 1.07. The van der Waals surface area contributed by atoms with Gasteiger partial charge in [0.1, 0.15) is 0 Å². The highest BCUT2D eigenvalue weighted by molar-refractivity contribution is 6.19. The number of fused-ring (bicyclic) bond motifs is 14. The number of hydrogen-bond donors (Lipinski definition) is 0. The van der Waals surface area contributed by atoms with Crippen LogP contribution in [-0.2, 0) is 10.8 Å². The van der Waals surface area contributed by atoms with Gasteiger partial charge in [-0.25, -0.2) is 0 Å². The molecule has 21 aromatic carbocycles. The molecule has 0 amide bonds. The maximum atomic E-state index is 2.53. The van der Waals surface area contributed by atoms with E-state index in [0.29, 0.717) is 0 Å². The molecule has 0 bridgehead atoms. The normalized spacial score (nSPS) is 12.9. The molecule has 4 nitrogen and oxygen atoms in total. The van der Waals surface area contributed by atoms with Crippen LogP contribution in [0, 0.1) is 0 Å². The van der Waals surface area contributed by atoms with E-state index < -0.39 is 0 Å². The van der Waals surface area contributed by atoms with Crippen LogP contribution in [0.2, 0.25) is 0 Å². The van der Waals surface area contributed by atoms with Gasteiger partial charge in [0.2, 0.25) is 0 Å². The third-order valence-corrected chi connectivity index (χ3v) is 28.0. The molecule has 0 aromatic heterocycles. The first-order chi connectivity index (χ1) is 65.0. The summed E-state index contributed by atoms with van der Waals surface area (Å²) in [6.45, 7) is 9.48. The molecule has 21 aromatic rings. The predicted molar refractivity (Wildman–Crippen MR) is 558 cm³/mol. The van der Waals surface area contributed by atoms with Crippen molar-refractivity contribution in [3.05, 3.63) is 508 Å². The summed E-state index contributed by atoms with van der Waals surface area (Å²) in [5.41, 5.74) is 45.4. The lowest BCUT2D eigenvalue weighted by Crippen LogP contribution is -2.17. The van der Waals surface area contributed by atoms with Gasteiger partial charge in [-0.15, -0.1) is 0 Å². The summed E-state index contributed by atoms with van der Waals surface area (Å²) in [5.74, 6) is 0. The number of para-hydroxylation sites is 4. The molecule has 0 saturated heterocycles. The van der Waals surface area contributed by atoms with Gasteiger partial charge in [0, 0.05) is 78.0 Å². The molecular weight excluding hydrogens is 1590 g/mol. The first-order valence-electron chi connectivity index (χ1n) is 45.9. The molecule has 0 N–H and O–H groups in total. The van der Waals surface area contributed by atoms with Crippen LogP contribution in [0.15, 0.2) is 485 Å². The van der Waals surface area contributed by atoms with E-state index in [-0.39, 0.29) is 10.8 Å². The Morgan fingerprint density at radius 3 is 0.780 bits per heavy atom. The van der Waals surface area contributed by atoms with Crippen molar-refractivity contribution in [1.29, 1.82) is 0 Å². The Kier molecular flexibility index (Phi) is 19.3. The molecule has 0 spiro atoms. The van der Waals surface area contributed by atoms with Crippen LogP contribution in [0.1, 0.15) is 49.9 Å². The SMILES string of the molecule is CC1(C)c2ccccc2-c2ccc(N(c3cc(-c4ccccc4)cc(-c4ccccc4)c3)c3ccc4c5c(cccc35)-c3ccccc3N(c3ccc(-c5ccccc5)cc3)c3ccccc3-4)cc21.CC1(C)c2ccccc2-c2ccc(N(c3ccc(-c4ccccc4)cc3)c3ccc4c5c(cccc35)-c3ccccc3N(c3ccc(-c5ccccc5)cc3)c3ccccc3-4)cc21. The zero-order valence-electron chi connectivity index (χ0n) is 74.0. The Morgan fingerprint density at radius 1 is 0.167 bits per heavy atom. The number of nitrogens with zero attached hydrogens (tertiary/aromatic N) is 4. The fourth-order valence-corrected chi connectivity index (χ4v) is 21.6. The fraction of sp³-hybridized carbons (Fsp3) is 0.0469. The second kappa shape index (κ2) is 32.3. The lowest BCUT2D eigenvalue weighted by atomic mass is 9.82. The minimum atomic E-state index is -0.175. The molecule has 25 rings (SSSR count). The van der Waals surface area contributed by atoms with Crippen molar-refractivity contribution in [3.63, 3.8) is 0 Å². The Bertz CT molecular complexity index is 7880. The van der Waals surface area contributed by atoms with Gasteiger partial charge in [-0.3, -0.25) is 0 Å². The Labute approximate surface area is 772 Å². The first-order valence-corrected chi connectivity index (χ1v) is 45.9. The van der Waals surface area contributed by atoms with Gasteiger partial charge in [-0.1, -0.05) is 398 Å². The number of anilines is 12. The second-order valence-electron chi connectivity index (χ2n) is 36.2. The Balaban J connectivity index is 0.000000146. The van der Waals surface area contributed by atoms with E-state index in [1.807, 2.05) is 0 Å². The maximum Gasteiger partial charge on any atom is 0.0540 e. The molecule has 4 aliphatic rings. The summed E-state index contributed by atoms with van der Waals surface area (Å²) in [7, 11) is 0. The predicted octanol–water partition coefficient (Wildman–Crippen LogP) is 35.8. The maximum absolute atomic E-state index is 2.53. The zero-order valence-corrected chi connectivity index (χ0v) is 74.0. The molecule has 0 fully saturated rings. The van der Waals surface area contributed by atoms with Crippen LogP contribution in [0.3, 0.4) is 0 Å². The standard InChI is InChI=1S/C67H48N2.C61H44N2/c1-67(2)61-30-15-12-25-54(61)55-38-37-52(44-62(55)67)68(53-42-49(46-21-8-4-9-22-46)41-50(43-53)47-23-10-5-11-24-47)65-40-39-59-57-27-14-17-32-64(57)69(51-35-33-48(34-36-51)45-19-6-3-7-20-45)63-31-16-13-26-56(63)58-28-18-29-60(65)66(58)59;1-61(2)55-25-12-9-20-48(55)49-37-36-47(40-56(49)61)62(45-32-28-43(29-33-45)41-16-5-3-6-17-41)59-39-38-53-51-22-11-14-27-58(51)63(46-34-30-44(31-35-46)42-18-7-4-8-19-42)57-26-13-10-21-50(57)52-23-15-24-54(59)60(52)53/h3-44H,1-2H3;3-40H,1-2H3. The summed E-state index contributed by atoms with van der Waals surface area (Å²) in [6, 6.07) is 179. The van der Waals surface area contributed by atoms with Crippen molar-refractivity contribution in [2.75, 3.05) is 19.6 Å². The van der Waals surface area contributed by atoms with Crippen molar-refractivity contribution in [1.82, 2.24) is 0 Å². The second-order valence-corrected chi connectivity index (χ2v) is 36.2. The van der Waals surface area contributed by atoms with Gasteiger partial charge in [-0.05, 0) is 248 Å². The van der Waals surface area contributed by atoms with Gasteiger partial charge in [0.05, 0.1) is 34.1 Å². The molecule has 624 valence electrons. The van der Waals surface area contributed by atoms with Gasteiger partial charge in [0.25, 0.3) is 0 Å². The number of benzene rings is 21. The third kappa shape index (κ3) is 13.3. The molecule has 132 heavy (non-hydrogen) atoms. The first kappa shape index (κ1) is 78.8. The molecule has 2 heterocycles. The van der Waals surface area contributed by atoms with Crippen molar-refractivity contribution in [3.8, 4) is 122 Å². The van der Waals surface area contributed by atoms with E-state index in [4.69, 9.17) is 0 Å². The van der Waals surface area contributed by atoms with Gasteiger partial charge in [-0.2, -0.15) is 0 Å². The van der Waals surface area contributed by atoms with Crippen molar-refractivity contribution < 1.29 is 0 Å². The van der Waals surface area contributed by atoms with E-state index in [1.165, 1.54) is 166 Å². The lowest BCUT2D eigenvalue weighted by Gasteiger charge is -2.34. The Hall–Kier alpha value is -16.7. The van der Waals surface area contributed by atoms with Gasteiger partial charge in [0.15, 0.2) is 0 Å². The van der Waals surface area contributed by atoms with Crippen molar-refractivity contribution in [2.45, 2.75) is 38.5 Å². The van der Waals surface area contributed by atoms with E-state index in [0.717, 1.165) is 68.2 Å². The van der Waals surface area contributed by atoms with Gasteiger partial charge >= 0.3 is 0 Å². The Morgan fingerprint density at radius 2 is 0.424 bits per heavy atom. The highest BCUT2D eigenvalue weighted by Crippen LogP contribution is 2.59. The number of hydrogen-bond acceptors (Lipinski definition) is 4. The molecule has 4 heteroatoms. The highest BCUT2D eigenvalue weighted by Gasteiger charge is 2.39. The molecule has 2 aliphatic carbocycles. The molecule has 0 radical (unpaired) electrons. The van der Waals surface area contributed by atoms with Crippen LogP contribution in [0.25, 0.3) is 144 Å². The van der Waals surface area contributed by atoms with Crippen molar-refractivity contribution >= 4 is 89.8 Å². The summed E-state index contributed by atoms with van der Waals surface area (Å²) >= 11 is 0. The summed E-state index contributed by atoms with van der Waals surface area (Å²) in [5, 5.41) is 4.86. The van der Waals surface area contributed by atoms with E-state index in [2.05, 4.69) is 533 Å². The van der Waals surface area contributed by atoms with E-state index in [1.54, 1.807) is 0 Å². The summed E-state index contributed by atoms with van der Waals surface area (Å²) in [6.07, 6.45) is 0. The molecular formula is C128H92N4. The topological polar surface area (TPSA) is 13.0 Å². The van der Waals surface area contributed by atoms with Crippen LogP contribution < -0.4 is 19.6 Å². The lowest BCUT2D eigenvalue weighted by molar-refractivity contribution is 0.660. The minimum absolute atomic E-state index is 0.137. The van der Waals surface area contributed by atoms with Crippen LogP contribution in [0.4, 0.5) is 68.2 Å². The van der Waals surface area contributed by atoms with Crippen LogP contribution in [0.5, 0.6) is 0 Å². The summed E-state index contributed by atoms with van der Waals surface area (Å²) in [4.78, 5) is 9.90. The van der Waals surface area contributed by atoms with Crippen LogP contribution in [-0.4, -0.2) is 0 Å². The average molecular weight is 1690 g/mol. The van der Waals surface area contributed by atoms with Crippen molar-refractivity contribution in [2.24, 2.45) is 0 Å². The number of rotatable bonds is 13. The molecule has 0 unspecified atom stereocenters. The molecule has 0 atom stereocenters. The largest absolute Gasteiger partial charge is 0.310 e. The minimum Gasteiger partial charge on any atom is -0.310 e. The van der Waals surface area contributed by atoms with E-state index >= 15 is 0 Å². The molecule has 2 aliphatic heterocycles. The van der Waals surface area contributed by atoms with Crippen LogP contribution >= 0.6 is 0 Å². The highest BCUT2D eigenvalue weighted by atomic mass is 15.2. The smallest absolute Gasteiger partial charge is 0.0540 e. The monoisotopic (exact) mass is 1680 g/mol.